The summed E-state index contributed by atoms with van der Waals surface area (Å²) in [5.41, 5.74) is 2.04. The molecule has 5 heteroatoms. The van der Waals surface area contributed by atoms with E-state index < -0.39 is 5.41 Å². The molecule has 1 aromatic heterocycles. The van der Waals surface area contributed by atoms with Crippen molar-refractivity contribution in [1.29, 1.82) is 0 Å². The van der Waals surface area contributed by atoms with E-state index >= 15 is 0 Å². The maximum absolute atomic E-state index is 12.3. The van der Waals surface area contributed by atoms with Crippen LogP contribution in [0.15, 0.2) is 36.4 Å². The number of pyridine rings is 1. The lowest BCUT2D eigenvalue weighted by Crippen LogP contribution is -2.26. The number of hydrogen-bond donors (Lipinski definition) is 0. The van der Waals surface area contributed by atoms with E-state index in [0.717, 1.165) is 47.8 Å². The molecule has 154 valence electrons. The lowest BCUT2D eigenvalue weighted by Gasteiger charge is -2.21. The van der Waals surface area contributed by atoms with E-state index in [9.17, 15) is 9.59 Å². The Labute approximate surface area is 172 Å². The maximum atomic E-state index is 12.3. The van der Waals surface area contributed by atoms with Gasteiger partial charge in [0.05, 0.1) is 23.7 Å². The standard InChI is InChI=1S/C24H29NO4/c1-16(2)22(29-17(3)26)20-10-9-19-8-7-18(15-21(19)25-20)11-14-24(23(27)28-4)12-5-6-13-24/h7-11,14-16,22H,5-6,12-13H2,1-4H3. The molecule has 29 heavy (non-hydrogen) atoms. The van der Waals surface area contributed by atoms with Crippen molar-refractivity contribution >= 4 is 28.9 Å². The minimum atomic E-state index is -0.517. The largest absolute Gasteiger partial charge is 0.468 e. The average molecular weight is 395 g/mol. The molecule has 0 radical (unpaired) electrons. The number of methoxy groups -OCH3 is 1. The number of hydrogen-bond acceptors (Lipinski definition) is 5. The lowest BCUT2D eigenvalue weighted by molar-refractivity contribution is -0.150. The molecule has 1 aromatic carbocycles. The summed E-state index contributed by atoms with van der Waals surface area (Å²) in [5, 5.41) is 1.01. The van der Waals surface area contributed by atoms with Crippen molar-refractivity contribution in [1.82, 2.24) is 4.98 Å². The Balaban J connectivity index is 1.92. The highest BCUT2D eigenvalue weighted by molar-refractivity contribution is 5.83. The van der Waals surface area contributed by atoms with Gasteiger partial charge in [0.2, 0.25) is 0 Å². The van der Waals surface area contributed by atoms with Crippen LogP contribution < -0.4 is 0 Å². The quantitative estimate of drug-likeness (QED) is 0.626. The molecule has 1 aliphatic rings. The first-order valence-corrected chi connectivity index (χ1v) is 10.2. The zero-order valence-corrected chi connectivity index (χ0v) is 17.6. The van der Waals surface area contributed by atoms with E-state index in [1.165, 1.54) is 14.0 Å². The van der Waals surface area contributed by atoms with Gasteiger partial charge in [0, 0.05) is 12.3 Å². The summed E-state index contributed by atoms with van der Waals surface area (Å²) < 4.78 is 10.5. The maximum Gasteiger partial charge on any atom is 0.315 e. The Bertz CT molecular complexity index is 926. The number of ether oxygens (including phenoxy) is 2. The van der Waals surface area contributed by atoms with Gasteiger partial charge in [-0.3, -0.25) is 9.59 Å². The van der Waals surface area contributed by atoms with Gasteiger partial charge in [-0.25, -0.2) is 4.98 Å². The first-order valence-electron chi connectivity index (χ1n) is 10.2. The SMILES string of the molecule is COC(=O)C1(C=Cc2ccc3ccc(C(OC(C)=O)C(C)C)nc3c2)CCCC1. The molecule has 2 aromatic rings. The number of fused-ring (bicyclic) bond motifs is 1. The van der Waals surface area contributed by atoms with Gasteiger partial charge in [0.15, 0.2) is 0 Å². The number of nitrogens with zero attached hydrogens (tertiary/aromatic N) is 1. The van der Waals surface area contributed by atoms with Gasteiger partial charge >= 0.3 is 11.9 Å². The van der Waals surface area contributed by atoms with E-state index in [4.69, 9.17) is 14.5 Å². The number of benzene rings is 1. The Morgan fingerprint density at radius 1 is 1.14 bits per heavy atom. The fourth-order valence-corrected chi connectivity index (χ4v) is 4.03. The van der Waals surface area contributed by atoms with Crippen molar-refractivity contribution in [2.45, 2.75) is 52.6 Å². The third-order valence-electron chi connectivity index (χ3n) is 5.61. The molecule has 1 fully saturated rings. The molecular formula is C24H29NO4. The second-order valence-electron chi connectivity index (χ2n) is 8.15. The van der Waals surface area contributed by atoms with Crippen LogP contribution in [0, 0.1) is 11.3 Å². The van der Waals surface area contributed by atoms with Crippen molar-refractivity contribution in [3.63, 3.8) is 0 Å². The number of carbonyl (C=O) groups is 2. The summed E-state index contributed by atoms with van der Waals surface area (Å²) in [4.78, 5) is 28.5. The van der Waals surface area contributed by atoms with E-state index in [2.05, 4.69) is 0 Å². The molecule has 1 aliphatic carbocycles. The molecule has 0 spiro atoms. The summed E-state index contributed by atoms with van der Waals surface area (Å²) in [6, 6.07) is 9.95. The molecule has 3 rings (SSSR count). The van der Waals surface area contributed by atoms with Crippen LogP contribution in [0.25, 0.3) is 17.0 Å². The fraction of sp³-hybridized carbons (Fsp3) is 0.458. The third-order valence-corrected chi connectivity index (χ3v) is 5.61. The molecule has 1 saturated carbocycles. The minimum Gasteiger partial charge on any atom is -0.468 e. The van der Waals surface area contributed by atoms with Gasteiger partial charge in [0.25, 0.3) is 0 Å². The van der Waals surface area contributed by atoms with Gasteiger partial charge in [-0.2, -0.15) is 0 Å². The van der Waals surface area contributed by atoms with Gasteiger partial charge in [0.1, 0.15) is 6.10 Å². The van der Waals surface area contributed by atoms with Crippen molar-refractivity contribution in [3.8, 4) is 0 Å². The number of aromatic nitrogens is 1. The van der Waals surface area contributed by atoms with E-state index in [-0.39, 0.29) is 24.0 Å². The van der Waals surface area contributed by atoms with Crippen molar-refractivity contribution < 1.29 is 19.1 Å². The zero-order valence-electron chi connectivity index (χ0n) is 17.6. The Hall–Kier alpha value is -2.69. The summed E-state index contributed by atoms with van der Waals surface area (Å²) in [5.74, 6) is -0.352. The topological polar surface area (TPSA) is 65.5 Å². The number of carbonyl (C=O) groups excluding carboxylic acids is 2. The van der Waals surface area contributed by atoms with Gasteiger partial charge < -0.3 is 9.47 Å². The van der Waals surface area contributed by atoms with Crippen LogP contribution in [0.3, 0.4) is 0 Å². The molecule has 0 saturated heterocycles. The fourth-order valence-electron chi connectivity index (χ4n) is 4.03. The van der Waals surface area contributed by atoms with Crippen molar-refractivity contribution in [2.24, 2.45) is 11.3 Å². The predicted octanol–water partition coefficient (Wildman–Crippen LogP) is 5.24. The molecule has 1 unspecified atom stereocenters. The second kappa shape index (κ2) is 8.76. The zero-order chi connectivity index (χ0) is 21.0. The van der Waals surface area contributed by atoms with Crippen LogP contribution >= 0.6 is 0 Å². The monoisotopic (exact) mass is 395 g/mol. The highest BCUT2D eigenvalue weighted by atomic mass is 16.5. The van der Waals surface area contributed by atoms with E-state index in [1.807, 2.05) is 56.3 Å². The normalized spacial score (nSPS) is 17.0. The van der Waals surface area contributed by atoms with Crippen LogP contribution in [0.4, 0.5) is 0 Å². The summed E-state index contributed by atoms with van der Waals surface area (Å²) >= 11 is 0. The van der Waals surface area contributed by atoms with Crippen molar-refractivity contribution in [2.75, 3.05) is 7.11 Å². The van der Waals surface area contributed by atoms with Gasteiger partial charge in [-0.15, -0.1) is 0 Å². The summed E-state index contributed by atoms with van der Waals surface area (Å²) in [6.07, 6.45) is 7.32. The molecule has 1 heterocycles. The van der Waals surface area contributed by atoms with Crippen LogP contribution in [0.1, 0.15) is 63.8 Å². The Morgan fingerprint density at radius 3 is 2.45 bits per heavy atom. The summed E-state index contributed by atoms with van der Waals surface area (Å²) in [7, 11) is 1.45. The van der Waals surface area contributed by atoms with E-state index in [0.29, 0.717) is 0 Å². The first kappa shape index (κ1) is 21.0. The molecule has 0 aliphatic heterocycles. The van der Waals surface area contributed by atoms with Gasteiger partial charge in [-0.05, 0) is 36.5 Å². The number of rotatable bonds is 6. The molecule has 5 nitrogen and oxygen atoms in total. The highest BCUT2D eigenvalue weighted by Gasteiger charge is 2.39. The van der Waals surface area contributed by atoms with Crippen LogP contribution in [-0.4, -0.2) is 24.0 Å². The van der Waals surface area contributed by atoms with Crippen LogP contribution in [-0.2, 0) is 19.1 Å². The highest BCUT2D eigenvalue weighted by Crippen LogP contribution is 2.41. The summed E-state index contributed by atoms with van der Waals surface area (Å²) in [6.45, 7) is 5.43. The van der Waals surface area contributed by atoms with E-state index in [1.54, 1.807) is 0 Å². The van der Waals surface area contributed by atoms with Crippen LogP contribution in [0.2, 0.25) is 0 Å². The average Bonchev–Trinajstić information content (AvgIpc) is 3.19. The first-order chi connectivity index (χ1) is 13.8. The molecule has 0 N–H and O–H groups in total. The second-order valence-corrected chi connectivity index (χ2v) is 8.15. The predicted molar refractivity (Wildman–Crippen MR) is 113 cm³/mol. The Morgan fingerprint density at radius 2 is 1.83 bits per heavy atom. The van der Waals surface area contributed by atoms with Crippen molar-refractivity contribution in [3.05, 3.63) is 47.7 Å². The smallest absolute Gasteiger partial charge is 0.315 e. The number of esters is 2. The molecule has 0 bridgehead atoms. The molecule has 0 amide bonds. The minimum absolute atomic E-state index is 0.120. The lowest BCUT2D eigenvalue weighted by atomic mass is 9.85. The Kier molecular flexibility index (Phi) is 6.36. The van der Waals surface area contributed by atoms with Gasteiger partial charge in [-0.1, -0.05) is 57.0 Å². The molecule has 1 atom stereocenters. The molecular weight excluding hydrogens is 366 g/mol. The third kappa shape index (κ3) is 4.66. The van der Waals surface area contributed by atoms with Crippen LogP contribution in [0.5, 0.6) is 0 Å².